The van der Waals surface area contributed by atoms with E-state index in [0.29, 0.717) is 31.4 Å². The number of rotatable bonds is 14. The van der Waals surface area contributed by atoms with Gasteiger partial charge in [-0.15, -0.1) is 23.2 Å². The molecule has 2 aliphatic rings. The number of hydrogen-bond donors (Lipinski definition) is 2. The zero-order valence-electron chi connectivity index (χ0n) is 36.0. The molecule has 0 unspecified atom stereocenters. The van der Waals surface area contributed by atoms with Gasteiger partial charge in [0.05, 0.1) is 51.2 Å². The van der Waals surface area contributed by atoms with Gasteiger partial charge in [-0.25, -0.2) is 9.97 Å². The van der Waals surface area contributed by atoms with Crippen LogP contribution in [0.4, 0.5) is 0 Å². The van der Waals surface area contributed by atoms with Crippen LogP contribution in [-0.2, 0) is 6.54 Å². The van der Waals surface area contributed by atoms with E-state index in [1.54, 1.807) is 28.4 Å². The summed E-state index contributed by atoms with van der Waals surface area (Å²) in [6, 6.07) is 39.1. The second-order valence-electron chi connectivity index (χ2n) is 15.4. The summed E-state index contributed by atoms with van der Waals surface area (Å²) in [5.74, 6) is 4.07. The third-order valence-electron chi connectivity index (χ3n) is 11.7. The van der Waals surface area contributed by atoms with Crippen molar-refractivity contribution in [2.75, 3.05) is 53.3 Å². The molecule has 0 amide bonds. The maximum Gasteiger partial charge on any atom is 0.123 e. The van der Waals surface area contributed by atoms with Crippen LogP contribution in [0, 0.1) is 0 Å². The number of hydrogen-bond acceptors (Lipinski definition) is 7. The molecule has 0 fully saturated rings. The Labute approximate surface area is 382 Å². The average Bonchev–Trinajstić information content (AvgIpc) is 4.18. The highest BCUT2D eigenvalue weighted by atomic mass is 35.5. The van der Waals surface area contributed by atoms with Gasteiger partial charge in [0.15, 0.2) is 0 Å². The molecule has 64 heavy (non-hydrogen) atoms. The van der Waals surface area contributed by atoms with Crippen LogP contribution in [0.15, 0.2) is 115 Å². The van der Waals surface area contributed by atoms with Crippen LogP contribution < -0.4 is 18.9 Å². The predicted molar refractivity (Wildman–Crippen MR) is 264 cm³/mol. The summed E-state index contributed by atoms with van der Waals surface area (Å²) in [4.78, 5) is 20.8. The minimum absolute atomic E-state index is 0.491. The molecule has 7 aromatic rings. The largest absolute Gasteiger partial charge is 0.497 e. The van der Waals surface area contributed by atoms with Crippen molar-refractivity contribution < 1.29 is 18.9 Å². The van der Waals surface area contributed by atoms with E-state index in [1.165, 1.54) is 0 Å². The molecule has 3 aromatic heterocycles. The molecular formula is C53H47Cl2N5O4. The molecule has 9 rings (SSSR count). The molecule has 9 nitrogen and oxygen atoms in total. The van der Waals surface area contributed by atoms with Gasteiger partial charge in [-0.2, -0.15) is 0 Å². The third kappa shape index (κ3) is 8.50. The van der Waals surface area contributed by atoms with E-state index in [-0.39, 0.29) is 0 Å². The summed E-state index contributed by atoms with van der Waals surface area (Å²) >= 11 is 12.5. The summed E-state index contributed by atoms with van der Waals surface area (Å²) in [5, 5.41) is 0. The molecule has 0 radical (unpaired) electrons. The van der Waals surface area contributed by atoms with Crippen molar-refractivity contribution in [2.45, 2.75) is 6.54 Å². The van der Waals surface area contributed by atoms with Crippen molar-refractivity contribution in [3.05, 3.63) is 144 Å². The van der Waals surface area contributed by atoms with Crippen LogP contribution in [0.5, 0.6) is 23.0 Å². The van der Waals surface area contributed by atoms with Crippen LogP contribution in [0.25, 0.3) is 90.9 Å². The SMILES string of the molecule is COc1ccc(-c2c3nc(c(-c4ccc(OC)cc4)c4ccc([nH]4)c(-c4ccc(OC)c(CN(CCCl)CCCl)c4)c4nc(c(-c5ccc(OC)cc5)c5ccc2[nH]5)C=C4)C=C3)cc1. The van der Waals surface area contributed by atoms with Gasteiger partial charge in [0.2, 0.25) is 0 Å². The molecule has 5 heterocycles. The van der Waals surface area contributed by atoms with Gasteiger partial charge in [-0.05, 0) is 119 Å². The number of fused-ring (bicyclic) bond motifs is 8. The van der Waals surface area contributed by atoms with Crippen molar-refractivity contribution in [1.82, 2.24) is 24.8 Å². The monoisotopic (exact) mass is 887 g/mol. The highest BCUT2D eigenvalue weighted by Crippen LogP contribution is 2.40. The van der Waals surface area contributed by atoms with E-state index in [2.05, 4.69) is 112 Å². The molecule has 4 aromatic carbocycles. The molecule has 11 heteroatoms. The molecule has 2 N–H and O–H groups in total. The Kier molecular flexibility index (Phi) is 12.6. The molecule has 0 saturated heterocycles. The lowest BCUT2D eigenvalue weighted by molar-refractivity contribution is 0.292. The molecular weight excluding hydrogens is 842 g/mol. The molecule has 0 spiro atoms. The molecule has 0 saturated carbocycles. The first-order chi connectivity index (χ1) is 31.4. The van der Waals surface area contributed by atoms with Gasteiger partial charge in [0.1, 0.15) is 23.0 Å². The number of nitrogens with one attached hydrogen (secondary N) is 2. The fraction of sp³-hybridized carbons (Fsp3) is 0.170. The second kappa shape index (κ2) is 18.9. The van der Waals surface area contributed by atoms with Gasteiger partial charge >= 0.3 is 0 Å². The Balaban J connectivity index is 1.40. The molecule has 0 aliphatic carbocycles. The Morgan fingerprint density at radius 2 is 0.781 bits per heavy atom. The number of aromatic amines is 2. The zero-order chi connectivity index (χ0) is 44.2. The summed E-state index contributed by atoms with van der Waals surface area (Å²) in [6.45, 7) is 1.99. The first-order valence-electron chi connectivity index (χ1n) is 21.0. The Morgan fingerprint density at radius 3 is 1.11 bits per heavy atom. The first kappa shape index (κ1) is 42.5. The van der Waals surface area contributed by atoms with E-state index in [9.17, 15) is 0 Å². The highest BCUT2D eigenvalue weighted by molar-refractivity contribution is 6.18. The van der Waals surface area contributed by atoms with Gasteiger partial charge in [0.25, 0.3) is 0 Å². The number of nitrogens with zero attached hydrogens (tertiary/aromatic N) is 3. The number of halogens is 2. The number of methoxy groups -OCH3 is 4. The smallest absolute Gasteiger partial charge is 0.123 e. The van der Waals surface area contributed by atoms with Crippen LogP contribution in [0.2, 0.25) is 0 Å². The maximum absolute atomic E-state index is 6.26. The number of H-pyrrole nitrogens is 2. The van der Waals surface area contributed by atoms with E-state index >= 15 is 0 Å². The fourth-order valence-electron chi connectivity index (χ4n) is 8.50. The van der Waals surface area contributed by atoms with E-state index in [0.717, 1.165) is 118 Å². The Hall–Kier alpha value is -6.78. The Bertz CT molecular complexity index is 2990. The maximum atomic E-state index is 6.26. The van der Waals surface area contributed by atoms with Crippen molar-refractivity contribution in [3.63, 3.8) is 0 Å². The van der Waals surface area contributed by atoms with Crippen LogP contribution >= 0.6 is 23.2 Å². The molecule has 2 aliphatic heterocycles. The van der Waals surface area contributed by atoms with Crippen molar-refractivity contribution in [2.24, 2.45) is 0 Å². The van der Waals surface area contributed by atoms with E-state index in [1.807, 2.05) is 42.5 Å². The quantitative estimate of drug-likeness (QED) is 0.105. The van der Waals surface area contributed by atoms with E-state index in [4.69, 9.17) is 52.1 Å². The van der Waals surface area contributed by atoms with Gasteiger partial charge in [0, 0.05) is 81.3 Å². The molecule has 322 valence electrons. The summed E-state index contributed by atoms with van der Waals surface area (Å²) in [6.07, 6.45) is 8.38. The van der Waals surface area contributed by atoms with Crippen molar-refractivity contribution in [3.8, 4) is 67.5 Å². The minimum Gasteiger partial charge on any atom is -0.497 e. The summed E-state index contributed by atoms with van der Waals surface area (Å²) in [7, 11) is 6.73. The topological polar surface area (TPSA) is 97.5 Å². The van der Waals surface area contributed by atoms with Gasteiger partial charge in [-0.1, -0.05) is 42.5 Å². The van der Waals surface area contributed by atoms with Crippen LogP contribution in [0.3, 0.4) is 0 Å². The van der Waals surface area contributed by atoms with Crippen LogP contribution in [-0.4, -0.2) is 78.1 Å². The lowest BCUT2D eigenvalue weighted by Gasteiger charge is -2.22. The van der Waals surface area contributed by atoms with E-state index < -0.39 is 0 Å². The summed E-state index contributed by atoms with van der Waals surface area (Å²) < 4.78 is 22.6. The third-order valence-corrected chi connectivity index (χ3v) is 12.0. The lowest BCUT2D eigenvalue weighted by Crippen LogP contribution is -2.27. The highest BCUT2D eigenvalue weighted by Gasteiger charge is 2.20. The van der Waals surface area contributed by atoms with Crippen molar-refractivity contribution in [1.29, 1.82) is 0 Å². The fourth-order valence-corrected chi connectivity index (χ4v) is 8.98. The normalized spacial score (nSPS) is 11.9. The Morgan fingerprint density at radius 1 is 0.438 bits per heavy atom. The van der Waals surface area contributed by atoms with Crippen molar-refractivity contribution >= 4 is 69.6 Å². The lowest BCUT2D eigenvalue weighted by atomic mass is 10.0. The van der Waals surface area contributed by atoms with Gasteiger partial charge in [-0.3, -0.25) is 4.90 Å². The number of ether oxygens (including phenoxy) is 4. The average molecular weight is 889 g/mol. The van der Waals surface area contributed by atoms with Crippen LogP contribution in [0.1, 0.15) is 28.3 Å². The first-order valence-corrected chi connectivity index (χ1v) is 22.1. The number of benzene rings is 4. The molecule has 0 atom stereocenters. The second-order valence-corrected chi connectivity index (χ2v) is 16.1. The zero-order valence-corrected chi connectivity index (χ0v) is 37.6. The minimum atomic E-state index is 0.491. The summed E-state index contributed by atoms with van der Waals surface area (Å²) in [5.41, 5.74) is 15.5. The van der Waals surface area contributed by atoms with Gasteiger partial charge < -0.3 is 28.9 Å². The number of alkyl halides is 2. The molecule has 8 bridgehead atoms. The standard InChI is InChI=1S/C53H47Cl2N5O4/c1-61-38-12-5-33(6-13-38)50-41-18-20-43(56-41)51(34-7-14-39(62-2)15-8-34)45-22-24-47(58-45)53(36-11-26-49(64-4)37(31-36)32-60(29-27-54)30-28-55)48-25-23-46(59-48)52(44-21-19-42(50)57-44)35-9-16-40(63-3)17-10-35/h5-26,31,56,59H,27-30,32H2,1-4H3. The number of aromatic nitrogens is 4. The predicted octanol–water partition coefficient (Wildman–Crippen LogP) is 12.6.